The lowest BCUT2D eigenvalue weighted by atomic mass is 10.0. The van der Waals surface area contributed by atoms with Crippen LogP contribution in [0.2, 0.25) is 0 Å². The molecule has 2 aromatic carbocycles. The van der Waals surface area contributed by atoms with Crippen molar-refractivity contribution in [2.75, 3.05) is 13.1 Å². The monoisotopic (exact) mass is 584 g/mol. The molecule has 3 amide bonds. The molecular weight excluding hydrogens is 548 g/mol. The first kappa shape index (κ1) is 29.7. The molecule has 5 rings (SSSR count). The van der Waals surface area contributed by atoms with Gasteiger partial charge in [-0.25, -0.2) is 4.98 Å². The standard InChI is InChI=1S/C32H36N6O5/c1-21(2)15-27-32-36-28(20-42-32)31(41)34-25(16-22-9-5-3-6-10-22)29(39)33-13-14-38(18-23-11-7-4-8-12-23)19-24-17-26(37-43-24)30(40)35-27/h3-12,17,20-21,25,27H,13-16,18-19H2,1-2H3,(H,33,39)(H,34,41)(H,35,40)/t25-,27+/m0/s1. The van der Waals surface area contributed by atoms with Gasteiger partial charge in [-0.15, -0.1) is 0 Å². The van der Waals surface area contributed by atoms with Gasteiger partial charge in [-0.3, -0.25) is 19.3 Å². The van der Waals surface area contributed by atoms with Crippen LogP contribution in [0.1, 0.15) is 70.1 Å². The van der Waals surface area contributed by atoms with E-state index in [1.165, 1.54) is 6.26 Å². The van der Waals surface area contributed by atoms with E-state index < -0.39 is 23.9 Å². The van der Waals surface area contributed by atoms with E-state index in [4.69, 9.17) is 8.94 Å². The molecular formula is C32H36N6O5. The largest absolute Gasteiger partial charge is 0.446 e. The number of nitrogens with one attached hydrogen (secondary N) is 3. The highest BCUT2D eigenvalue weighted by Crippen LogP contribution is 2.22. The minimum absolute atomic E-state index is 0.0164. The highest BCUT2D eigenvalue weighted by atomic mass is 16.5. The Morgan fingerprint density at radius 2 is 1.58 bits per heavy atom. The fourth-order valence-corrected chi connectivity index (χ4v) is 5.00. The van der Waals surface area contributed by atoms with Gasteiger partial charge in [0.1, 0.15) is 18.3 Å². The Morgan fingerprint density at radius 1 is 0.907 bits per heavy atom. The van der Waals surface area contributed by atoms with E-state index in [0.717, 1.165) is 11.1 Å². The van der Waals surface area contributed by atoms with Crippen LogP contribution in [0.15, 0.2) is 81.9 Å². The van der Waals surface area contributed by atoms with Crippen molar-refractivity contribution in [3.8, 4) is 0 Å². The lowest BCUT2D eigenvalue weighted by Gasteiger charge is -2.23. The smallest absolute Gasteiger partial charge is 0.274 e. The maximum absolute atomic E-state index is 13.4. The molecule has 0 spiro atoms. The molecule has 43 heavy (non-hydrogen) atoms. The van der Waals surface area contributed by atoms with E-state index in [2.05, 4.69) is 31.0 Å². The molecule has 1 aliphatic heterocycles. The normalized spacial score (nSPS) is 18.8. The molecule has 3 heterocycles. The average molecular weight is 585 g/mol. The number of hydrogen-bond donors (Lipinski definition) is 3. The number of hydrogen-bond acceptors (Lipinski definition) is 8. The van der Waals surface area contributed by atoms with E-state index in [1.807, 2.05) is 74.5 Å². The molecule has 4 aromatic rings. The number of oxazole rings is 1. The van der Waals surface area contributed by atoms with Gasteiger partial charge in [-0.2, -0.15) is 0 Å². The molecule has 0 saturated carbocycles. The molecule has 1 aliphatic rings. The number of aromatic nitrogens is 2. The third-order valence-electron chi connectivity index (χ3n) is 7.12. The zero-order valence-corrected chi connectivity index (χ0v) is 24.3. The summed E-state index contributed by atoms with van der Waals surface area (Å²) < 4.78 is 11.2. The first-order chi connectivity index (χ1) is 20.8. The summed E-state index contributed by atoms with van der Waals surface area (Å²) in [4.78, 5) is 46.4. The molecule has 0 aliphatic carbocycles. The molecule has 0 radical (unpaired) electrons. The van der Waals surface area contributed by atoms with Gasteiger partial charge in [0.2, 0.25) is 11.8 Å². The zero-order chi connectivity index (χ0) is 30.2. The molecule has 11 heteroatoms. The number of fused-ring (bicyclic) bond motifs is 4. The summed E-state index contributed by atoms with van der Waals surface area (Å²) in [6.45, 7) is 5.78. The fourth-order valence-electron chi connectivity index (χ4n) is 5.00. The van der Waals surface area contributed by atoms with Crippen molar-refractivity contribution in [2.45, 2.75) is 51.9 Å². The van der Waals surface area contributed by atoms with E-state index in [1.54, 1.807) is 6.07 Å². The van der Waals surface area contributed by atoms with Crippen molar-refractivity contribution in [2.24, 2.45) is 5.92 Å². The number of rotatable bonds is 6. The maximum Gasteiger partial charge on any atom is 0.274 e. The van der Waals surface area contributed by atoms with Crippen LogP contribution >= 0.6 is 0 Å². The third kappa shape index (κ3) is 8.16. The maximum atomic E-state index is 13.4. The quantitative estimate of drug-likeness (QED) is 0.312. The van der Waals surface area contributed by atoms with Crippen molar-refractivity contribution in [3.05, 3.63) is 107 Å². The first-order valence-corrected chi connectivity index (χ1v) is 14.4. The first-order valence-electron chi connectivity index (χ1n) is 14.4. The number of carbonyl (C=O) groups is 3. The van der Waals surface area contributed by atoms with Crippen molar-refractivity contribution < 1.29 is 23.3 Å². The molecule has 4 bridgehead atoms. The second-order valence-electron chi connectivity index (χ2n) is 11.1. The molecule has 2 aromatic heterocycles. The molecule has 224 valence electrons. The van der Waals surface area contributed by atoms with Gasteiger partial charge >= 0.3 is 0 Å². The van der Waals surface area contributed by atoms with Gasteiger partial charge in [0.25, 0.3) is 11.8 Å². The minimum atomic E-state index is -0.848. The van der Waals surface area contributed by atoms with E-state index >= 15 is 0 Å². The highest BCUT2D eigenvalue weighted by Gasteiger charge is 2.28. The topological polar surface area (TPSA) is 143 Å². The van der Waals surface area contributed by atoms with Gasteiger partial charge in [0, 0.05) is 32.1 Å². The zero-order valence-electron chi connectivity index (χ0n) is 24.3. The van der Waals surface area contributed by atoms with E-state index in [-0.39, 0.29) is 29.1 Å². The Bertz CT molecular complexity index is 1520. The number of carbonyl (C=O) groups excluding carboxylic acids is 3. The van der Waals surface area contributed by atoms with E-state index in [0.29, 0.717) is 44.8 Å². The van der Waals surface area contributed by atoms with Crippen LogP contribution < -0.4 is 16.0 Å². The lowest BCUT2D eigenvalue weighted by Crippen LogP contribution is -2.49. The number of nitrogens with zero attached hydrogens (tertiary/aromatic N) is 3. The van der Waals surface area contributed by atoms with Gasteiger partial charge in [0.15, 0.2) is 17.1 Å². The summed E-state index contributed by atoms with van der Waals surface area (Å²) in [6, 6.07) is 19.6. The summed E-state index contributed by atoms with van der Waals surface area (Å²) in [7, 11) is 0. The van der Waals surface area contributed by atoms with Gasteiger partial charge < -0.3 is 24.9 Å². The number of benzene rings is 2. The van der Waals surface area contributed by atoms with Crippen molar-refractivity contribution >= 4 is 17.7 Å². The predicted octanol–water partition coefficient (Wildman–Crippen LogP) is 3.65. The average Bonchev–Trinajstić information content (AvgIpc) is 3.67. The Kier molecular flexibility index (Phi) is 9.63. The van der Waals surface area contributed by atoms with Gasteiger partial charge in [-0.05, 0) is 23.5 Å². The van der Waals surface area contributed by atoms with Crippen LogP contribution in [-0.2, 0) is 24.3 Å². The Balaban J connectivity index is 1.44. The van der Waals surface area contributed by atoms with Gasteiger partial charge in [0.05, 0.1) is 6.54 Å². The van der Waals surface area contributed by atoms with Gasteiger partial charge in [-0.1, -0.05) is 79.7 Å². The summed E-state index contributed by atoms with van der Waals surface area (Å²) in [5, 5.41) is 12.7. The Hall–Kier alpha value is -4.77. The summed E-state index contributed by atoms with van der Waals surface area (Å²) in [5.74, 6) is -0.402. The van der Waals surface area contributed by atoms with Crippen LogP contribution in [0.5, 0.6) is 0 Å². The SMILES string of the molecule is CC(C)C[C@H]1NC(=O)c2cc(on2)CN(Cc2ccccc2)CCNC(=O)[C@H](Cc2ccccc2)NC(=O)c2coc1n2. The van der Waals surface area contributed by atoms with Crippen LogP contribution in [-0.4, -0.2) is 51.9 Å². The van der Waals surface area contributed by atoms with Crippen molar-refractivity contribution in [1.29, 1.82) is 0 Å². The van der Waals surface area contributed by atoms with E-state index in [9.17, 15) is 14.4 Å². The summed E-state index contributed by atoms with van der Waals surface area (Å²) in [6.07, 6.45) is 2.05. The molecule has 3 N–H and O–H groups in total. The second kappa shape index (κ2) is 13.9. The molecule has 0 saturated heterocycles. The summed E-state index contributed by atoms with van der Waals surface area (Å²) >= 11 is 0. The second-order valence-corrected chi connectivity index (χ2v) is 11.1. The molecule has 0 unspecified atom stereocenters. The molecule has 0 fully saturated rings. The predicted molar refractivity (Wildman–Crippen MR) is 158 cm³/mol. The van der Waals surface area contributed by atoms with Crippen LogP contribution in [0.25, 0.3) is 0 Å². The Morgan fingerprint density at radius 3 is 2.30 bits per heavy atom. The van der Waals surface area contributed by atoms with Crippen molar-refractivity contribution in [3.63, 3.8) is 0 Å². The lowest BCUT2D eigenvalue weighted by molar-refractivity contribution is -0.123. The number of amides is 3. The van der Waals surface area contributed by atoms with Crippen LogP contribution in [0.3, 0.4) is 0 Å². The van der Waals surface area contributed by atoms with Crippen LogP contribution in [0, 0.1) is 5.92 Å². The fraction of sp³-hybridized carbons (Fsp3) is 0.344. The van der Waals surface area contributed by atoms with Crippen LogP contribution in [0.4, 0.5) is 0 Å². The van der Waals surface area contributed by atoms with Crippen molar-refractivity contribution in [1.82, 2.24) is 31.0 Å². The molecule has 2 atom stereocenters. The Labute approximate surface area is 250 Å². The molecule has 11 nitrogen and oxygen atoms in total. The highest BCUT2D eigenvalue weighted by molar-refractivity contribution is 5.96. The summed E-state index contributed by atoms with van der Waals surface area (Å²) in [5.41, 5.74) is 2.13. The third-order valence-corrected chi connectivity index (χ3v) is 7.12. The minimum Gasteiger partial charge on any atom is -0.446 e.